The van der Waals surface area contributed by atoms with Crippen LogP contribution in [0, 0.1) is 39.8 Å². The van der Waals surface area contributed by atoms with Crippen molar-refractivity contribution in [3.63, 3.8) is 0 Å². The number of pyridine rings is 2. The molecular weight excluding hydrogens is 925 g/mol. The summed E-state index contributed by atoms with van der Waals surface area (Å²) in [6.45, 7) is 12.6. The smallest absolute Gasteiger partial charge is 0.0346 e. The number of aryl methyl sites for hydroxylation is 4. The molecule has 0 amide bonds. The number of hydrogen-bond acceptors (Lipinski definition) is 3. The van der Waals surface area contributed by atoms with Gasteiger partial charge in [0, 0.05) is 32.4 Å². The van der Waals surface area contributed by atoms with E-state index < -0.39 is 19.2 Å². The molecule has 0 atom stereocenters. The van der Waals surface area contributed by atoms with Gasteiger partial charge < -0.3 is 4.98 Å². The predicted octanol–water partition coefficient (Wildman–Crippen LogP) is 13.7. The molecule has 0 spiro atoms. The van der Waals surface area contributed by atoms with Crippen molar-refractivity contribution in [3.8, 4) is 44.8 Å². The van der Waals surface area contributed by atoms with Crippen molar-refractivity contribution in [2.24, 2.45) is 0 Å². The molecule has 279 valence electrons. The van der Waals surface area contributed by atoms with E-state index in [-0.39, 0.29) is 20.1 Å². The summed E-state index contributed by atoms with van der Waals surface area (Å²) in [6.07, 6.45) is 3.90. The zero-order valence-corrected chi connectivity index (χ0v) is 38.5. The molecule has 2 nitrogen and oxygen atoms in total. The van der Waals surface area contributed by atoms with Crippen LogP contribution in [-0.2, 0) is 20.1 Å². The molecule has 0 aliphatic heterocycles. The second kappa shape index (κ2) is 16.9. The summed E-state index contributed by atoms with van der Waals surface area (Å²) in [5.41, 5.74) is 15.2. The molecule has 0 aliphatic carbocycles. The summed E-state index contributed by atoms with van der Waals surface area (Å²) in [7, 11) is 0. The Bertz CT molecular complexity index is 2650. The first kappa shape index (κ1) is 39.1. The van der Waals surface area contributed by atoms with Gasteiger partial charge >= 0.3 is 142 Å². The molecule has 0 aliphatic rings. The molecule has 0 N–H and O–H groups in total. The summed E-state index contributed by atoms with van der Waals surface area (Å²) in [6, 6.07) is 45.1. The first-order valence-corrected chi connectivity index (χ1v) is 26.8. The van der Waals surface area contributed by atoms with Gasteiger partial charge in [0.15, 0.2) is 0 Å². The van der Waals surface area contributed by atoms with Gasteiger partial charge in [0.05, 0.1) is 0 Å². The quantitative estimate of drug-likeness (QED) is 0.123. The molecule has 1 radical (unpaired) electrons. The van der Waals surface area contributed by atoms with Gasteiger partial charge in [-0.2, -0.15) is 11.3 Å². The number of rotatable bonds is 6. The maximum Gasteiger partial charge on any atom is 0.0346 e. The van der Waals surface area contributed by atoms with Crippen molar-refractivity contribution in [1.29, 1.82) is 0 Å². The number of hydrogen-bond donors (Lipinski definition) is 0. The number of nitrogens with zero attached hydrogens (tertiary/aromatic N) is 2. The van der Waals surface area contributed by atoms with Gasteiger partial charge in [-0.25, -0.2) is 0 Å². The van der Waals surface area contributed by atoms with Crippen LogP contribution in [0.25, 0.3) is 64.9 Å². The van der Waals surface area contributed by atoms with Gasteiger partial charge in [-0.3, -0.25) is 0 Å². The van der Waals surface area contributed by atoms with Crippen LogP contribution in [-0.4, -0.2) is 23.2 Å². The molecule has 0 fully saturated rings. The molecule has 0 saturated carbocycles. The predicted molar refractivity (Wildman–Crippen MR) is 237 cm³/mol. The van der Waals surface area contributed by atoms with E-state index in [0.29, 0.717) is 0 Å². The summed E-state index contributed by atoms with van der Waals surface area (Å²) >= 11 is -0.0450. The first-order chi connectivity index (χ1) is 26.2. The van der Waals surface area contributed by atoms with Crippen LogP contribution >= 0.6 is 11.3 Å². The molecule has 0 saturated heterocycles. The zero-order chi connectivity index (χ0) is 39.1. The summed E-state index contributed by atoms with van der Waals surface area (Å²) in [5, 5.41) is 2.50. The Balaban J connectivity index is 0.000000197. The van der Waals surface area contributed by atoms with Gasteiger partial charge in [0.25, 0.3) is 0 Å². The zero-order valence-electron chi connectivity index (χ0n) is 34.2. The molecule has 5 heteroatoms. The molecule has 8 rings (SSSR count). The number of fused-ring (bicyclic) bond motifs is 3. The number of aromatic nitrogens is 2. The fourth-order valence-electron chi connectivity index (χ4n) is 7.51. The normalized spacial score (nSPS) is 11.8. The average Bonchev–Trinajstić information content (AvgIpc) is 3.52. The Kier molecular flexibility index (Phi) is 12.0. The van der Waals surface area contributed by atoms with E-state index in [4.69, 9.17) is 6.35 Å². The molecule has 8 aromatic rings. The molecular formula is C50H48GeIrN2S-2. The number of benzene rings is 5. The summed E-state index contributed by atoms with van der Waals surface area (Å²) in [5.74, 6) is 6.56. The standard InChI is InChI=1S/C29H26NS.C21H22GeN.Ir/c1-17(2)21-11-12-30-26(15-21)25-8-6-7-24-23-10-9-22(16-27(23)31-29(24)25)28-19(4)13-18(3)14-20(28)5;1-16-13-21(23-15-20(16)22(2,3)4)19-12-8-11-18(14-19)17-9-6-5-7-10-17;/h6-7,9-17H,1-5H3;5-11,13-15H,1-4H3;/q2*-1;/i17D;;. The second-order valence-electron chi connectivity index (χ2n) is 15.6. The fourth-order valence-corrected chi connectivity index (χ4v) is 12.3. The van der Waals surface area contributed by atoms with Crippen LogP contribution in [0.15, 0.2) is 122 Å². The van der Waals surface area contributed by atoms with E-state index in [1.165, 1.54) is 69.1 Å². The average molecular weight is 975 g/mol. The van der Waals surface area contributed by atoms with Gasteiger partial charge in [-0.1, -0.05) is 60.7 Å². The minimum atomic E-state index is -1.85. The van der Waals surface area contributed by atoms with Crippen LogP contribution < -0.4 is 4.40 Å². The van der Waals surface area contributed by atoms with Gasteiger partial charge in [0.1, 0.15) is 0 Å². The van der Waals surface area contributed by atoms with Crippen LogP contribution in [0.3, 0.4) is 0 Å². The molecule has 3 heterocycles. The number of thiophene rings is 1. The van der Waals surface area contributed by atoms with E-state index in [2.05, 4.69) is 147 Å². The Morgan fingerprint density at radius 3 is 2.09 bits per heavy atom. The third kappa shape index (κ3) is 8.79. The van der Waals surface area contributed by atoms with Crippen molar-refractivity contribution in [2.75, 3.05) is 0 Å². The maximum absolute atomic E-state index is 8.40. The molecule has 0 unspecified atom stereocenters. The largest absolute Gasteiger partial charge is 0.305 e. The Labute approximate surface area is 349 Å². The minimum absolute atomic E-state index is 0. The topological polar surface area (TPSA) is 25.8 Å². The SMILES string of the molecule is Cc1cc(-c2[c-]ccc(-c3ccccc3)c2)nc[c]1[Ge]([CH3])([CH3])[CH3].[2H]C(C)(C)c1ccnc(-c2[c-]ccc3c2sc2cc(-c4c(C)cc(C)cc4C)ccc23)c1.[Ir]. The van der Waals surface area contributed by atoms with Crippen LogP contribution in [0.5, 0.6) is 0 Å². The van der Waals surface area contributed by atoms with Crippen LogP contribution in [0.1, 0.15) is 48.9 Å². The van der Waals surface area contributed by atoms with E-state index in [9.17, 15) is 0 Å². The van der Waals surface area contributed by atoms with Gasteiger partial charge in [0.2, 0.25) is 0 Å². The Morgan fingerprint density at radius 2 is 1.40 bits per heavy atom. The monoisotopic (exact) mass is 976 g/mol. The summed E-state index contributed by atoms with van der Waals surface area (Å²) < 4.78 is 12.4. The minimum Gasteiger partial charge on any atom is -0.305 e. The molecule has 55 heavy (non-hydrogen) atoms. The Morgan fingerprint density at radius 1 is 0.673 bits per heavy atom. The maximum atomic E-state index is 8.40. The molecule has 3 aromatic heterocycles. The molecule has 5 aromatic carbocycles. The van der Waals surface area contributed by atoms with Gasteiger partial charge in [-0.05, 0) is 76.8 Å². The van der Waals surface area contributed by atoms with E-state index in [0.717, 1.165) is 28.1 Å². The van der Waals surface area contributed by atoms with E-state index in [1.54, 1.807) is 11.3 Å². The van der Waals surface area contributed by atoms with Crippen molar-refractivity contribution >= 4 is 49.2 Å². The fraction of sp³-hybridized carbons (Fsp3) is 0.200. The van der Waals surface area contributed by atoms with Gasteiger partial charge in [-0.15, -0.1) is 23.8 Å². The third-order valence-corrected chi connectivity index (χ3v) is 15.8. The molecule has 0 bridgehead atoms. The van der Waals surface area contributed by atoms with E-state index >= 15 is 0 Å². The van der Waals surface area contributed by atoms with Crippen LogP contribution in [0.2, 0.25) is 17.3 Å². The van der Waals surface area contributed by atoms with E-state index in [1.807, 2.05) is 50.4 Å². The van der Waals surface area contributed by atoms with Crippen molar-refractivity contribution in [1.82, 2.24) is 9.97 Å². The third-order valence-electron chi connectivity index (χ3n) is 10.1. The van der Waals surface area contributed by atoms with Crippen molar-refractivity contribution in [2.45, 2.75) is 64.7 Å². The second-order valence-corrected chi connectivity index (χ2v) is 27.2. The first-order valence-electron chi connectivity index (χ1n) is 19.1. The van der Waals surface area contributed by atoms with Crippen molar-refractivity contribution in [3.05, 3.63) is 162 Å². The Hall–Kier alpha value is -4.19. The van der Waals surface area contributed by atoms with Crippen LogP contribution in [0.4, 0.5) is 0 Å². The summed E-state index contributed by atoms with van der Waals surface area (Å²) in [4.78, 5) is 9.36. The van der Waals surface area contributed by atoms with Crippen molar-refractivity contribution < 1.29 is 21.5 Å².